The highest BCUT2D eigenvalue weighted by atomic mass is 16.7. The standard InChI is InChI=1S/C18H28N4O3/c1-18(2,22-6-8-23-9-7-22)12-21-17(19-3)20-11-14-4-5-15-16(10-14)25-13-24-15/h4-5,10H,6-9,11-13H2,1-3H3,(H2,19,20,21). The molecule has 0 aromatic heterocycles. The quantitative estimate of drug-likeness (QED) is 0.616. The van der Waals surface area contributed by atoms with E-state index in [0.29, 0.717) is 13.3 Å². The molecule has 138 valence electrons. The van der Waals surface area contributed by atoms with E-state index >= 15 is 0 Å². The van der Waals surface area contributed by atoms with Gasteiger partial charge in [0.05, 0.1) is 13.2 Å². The molecule has 3 rings (SSSR count). The fraction of sp³-hybridized carbons (Fsp3) is 0.611. The van der Waals surface area contributed by atoms with Crippen molar-refractivity contribution in [2.75, 3.05) is 46.7 Å². The van der Waals surface area contributed by atoms with Crippen LogP contribution in [0.5, 0.6) is 11.5 Å². The predicted molar refractivity (Wildman–Crippen MR) is 97.2 cm³/mol. The van der Waals surface area contributed by atoms with Gasteiger partial charge in [0, 0.05) is 38.8 Å². The molecule has 2 heterocycles. The molecule has 2 aliphatic rings. The molecule has 1 fully saturated rings. The van der Waals surface area contributed by atoms with Crippen LogP contribution in [-0.2, 0) is 11.3 Å². The van der Waals surface area contributed by atoms with Gasteiger partial charge in [0.2, 0.25) is 6.79 Å². The summed E-state index contributed by atoms with van der Waals surface area (Å²) < 4.78 is 16.2. The Labute approximate surface area is 149 Å². The number of ether oxygens (including phenoxy) is 3. The Morgan fingerprint density at radius 2 is 1.92 bits per heavy atom. The van der Waals surface area contributed by atoms with Gasteiger partial charge in [0.1, 0.15) is 0 Å². The summed E-state index contributed by atoms with van der Waals surface area (Å²) in [4.78, 5) is 6.77. The van der Waals surface area contributed by atoms with Crippen molar-refractivity contribution in [3.8, 4) is 11.5 Å². The Kier molecular flexibility index (Phi) is 5.65. The molecule has 0 unspecified atom stereocenters. The molecule has 0 amide bonds. The lowest BCUT2D eigenvalue weighted by Crippen LogP contribution is -2.56. The summed E-state index contributed by atoms with van der Waals surface area (Å²) in [5.41, 5.74) is 1.17. The van der Waals surface area contributed by atoms with Gasteiger partial charge in [-0.25, -0.2) is 0 Å². The maximum Gasteiger partial charge on any atom is 0.231 e. The van der Waals surface area contributed by atoms with Crippen LogP contribution in [0.2, 0.25) is 0 Å². The lowest BCUT2D eigenvalue weighted by molar-refractivity contribution is -0.00834. The molecule has 2 N–H and O–H groups in total. The average molecular weight is 348 g/mol. The number of guanidine groups is 1. The van der Waals surface area contributed by atoms with Crippen molar-refractivity contribution in [1.82, 2.24) is 15.5 Å². The van der Waals surface area contributed by atoms with E-state index in [1.165, 1.54) is 0 Å². The molecular formula is C18H28N4O3. The summed E-state index contributed by atoms with van der Waals surface area (Å²) in [5, 5.41) is 6.78. The van der Waals surface area contributed by atoms with E-state index in [2.05, 4.69) is 34.4 Å². The van der Waals surface area contributed by atoms with Gasteiger partial charge in [-0.3, -0.25) is 9.89 Å². The van der Waals surface area contributed by atoms with Gasteiger partial charge in [0.15, 0.2) is 17.5 Å². The molecule has 1 aromatic carbocycles. The number of aliphatic imine (C=N–C) groups is 1. The highest BCUT2D eigenvalue weighted by Crippen LogP contribution is 2.32. The number of nitrogens with one attached hydrogen (secondary N) is 2. The molecule has 7 heteroatoms. The van der Waals surface area contributed by atoms with Gasteiger partial charge in [-0.05, 0) is 31.5 Å². The Morgan fingerprint density at radius 1 is 1.16 bits per heavy atom. The summed E-state index contributed by atoms with van der Waals surface area (Å²) in [6, 6.07) is 5.98. The molecule has 0 radical (unpaired) electrons. The SMILES string of the molecule is CN=C(NCc1ccc2c(c1)OCO2)NCC(C)(C)N1CCOCC1. The van der Waals surface area contributed by atoms with Crippen molar-refractivity contribution in [2.45, 2.75) is 25.9 Å². The summed E-state index contributed by atoms with van der Waals surface area (Å²) >= 11 is 0. The largest absolute Gasteiger partial charge is 0.454 e. The summed E-state index contributed by atoms with van der Waals surface area (Å²) in [5.74, 6) is 2.40. The maximum absolute atomic E-state index is 5.44. The molecule has 25 heavy (non-hydrogen) atoms. The van der Waals surface area contributed by atoms with Gasteiger partial charge in [0.25, 0.3) is 0 Å². The van der Waals surface area contributed by atoms with Crippen LogP contribution in [0.3, 0.4) is 0 Å². The number of benzene rings is 1. The first-order valence-corrected chi connectivity index (χ1v) is 8.74. The Bertz CT molecular complexity index is 612. The summed E-state index contributed by atoms with van der Waals surface area (Å²) in [6.45, 7) is 9.83. The highest BCUT2D eigenvalue weighted by molar-refractivity contribution is 5.79. The number of fused-ring (bicyclic) bond motifs is 1. The van der Waals surface area contributed by atoms with Gasteiger partial charge in [-0.1, -0.05) is 6.07 Å². The third-order valence-electron chi connectivity index (χ3n) is 4.68. The van der Waals surface area contributed by atoms with Crippen LogP contribution in [0.15, 0.2) is 23.2 Å². The van der Waals surface area contributed by atoms with Gasteiger partial charge < -0.3 is 24.8 Å². The average Bonchev–Trinajstić information content (AvgIpc) is 3.10. The minimum atomic E-state index is 0.0418. The number of rotatable bonds is 5. The zero-order valence-electron chi connectivity index (χ0n) is 15.3. The number of morpholine rings is 1. The van der Waals surface area contributed by atoms with Crippen LogP contribution in [0.4, 0.5) is 0 Å². The monoisotopic (exact) mass is 348 g/mol. The smallest absolute Gasteiger partial charge is 0.231 e. The second kappa shape index (κ2) is 7.93. The van der Waals surface area contributed by atoms with Crippen molar-refractivity contribution in [3.63, 3.8) is 0 Å². The van der Waals surface area contributed by atoms with Crippen molar-refractivity contribution < 1.29 is 14.2 Å². The fourth-order valence-electron chi connectivity index (χ4n) is 3.04. The second-order valence-electron chi connectivity index (χ2n) is 6.88. The van der Waals surface area contributed by atoms with Crippen LogP contribution in [0.1, 0.15) is 19.4 Å². The minimum Gasteiger partial charge on any atom is -0.454 e. The highest BCUT2D eigenvalue weighted by Gasteiger charge is 2.28. The maximum atomic E-state index is 5.44. The van der Waals surface area contributed by atoms with E-state index in [4.69, 9.17) is 14.2 Å². The van der Waals surface area contributed by atoms with E-state index in [1.807, 2.05) is 18.2 Å². The lowest BCUT2D eigenvalue weighted by atomic mass is 10.0. The van der Waals surface area contributed by atoms with Crippen LogP contribution >= 0.6 is 0 Å². The van der Waals surface area contributed by atoms with E-state index < -0.39 is 0 Å². The van der Waals surface area contributed by atoms with Crippen LogP contribution in [0.25, 0.3) is 0 Å². The molecule has 1 saturated heterocycles. The second-order valence-corrected chi connectivity index (χ2v) is 6.88. The zero-order valence-corrected chi connectivity index (χ0v) is 15.3. The number of hydrogen-bond acceptors (Lipinski definition) is 5. The molecule has 0 spiro atoms. The number of hydrogen-bond donors (Lipinski definition) is 2. The summed E-state index contributed by atoms with van der Waals surface area (Å²) in [6.07, 6.45) is 0. The summed E-state index contributed by atoms with van der Waals surface area (Å²) in [7, 11) is 1.79. The molecule has 0 atom stereocenters. The van der Waals surface area contributed by atoms with Crippen molar-refractivity contribution >= 4 is 5.96 Å². The molecule has 1 aromatic rings. The molecule has 0 aliphatic carbocycles. The van der Waals surface area contributed by atoms with E-state index in [0.717, 1.165) is 55.9 Å². The molecule has 7 nitrogen and oxygen atoms in total. The topological polar surface area (TPSA) is 67.4 Å². The first-order chi connectivity index (χ1) is 12.1. The molecule has 0 bridgehead atoms. The lowest BCUT2D eigenvalue weighted by Gasteiger charge is -2.41. The zero-order chi connectivity index (χ0) is 17.7. The van der Waals surface area contributed by atoms with E-state index in [-0.39, 0.29) is 5.54 Å². The van der Waals surface area contributed by atoms with Crippen LogP contribution < -0.4 is 20.1 Å². The Morgan fingerprint density at radius 3 is 2.68 bits per heavy atom. The third kappa shape index (κ3) is 4.55. The minimum absolute atomic E-state index is 0.0418. The van der Waals surface area contributed by atoms with Crippen molar-refractivity contribution in [2.24, 2.45) is 4.99 Å². The first kappa shape index (κ1) is 17.8. The Hall–Kier alpha value is -1.99. The van der Waals surface area contributed by atoms with Gasteiger partial charge in [-0.15, -0.1) is 0 Å². The Balaban J connectivity index is 1.49. The molecular weight excluding hydrogens is 320 g/mol. The van der Waals surface area contributed by atoms with Gasteiger partial charge in [-0.2, -0.15) is 0 Å². The molecule has 0 saturated carbocycles. The predicted octanol–water partition coefficient (Wildman–Crippen LogP) is 1.19. The normalized spacial score (nSPS) is 18.3. The van der Waals surface area contributed by atoms with Crippen molar-refractivity contribution in [1.29, 1.82) is 0 Å². The van der Waals surface area contributed by atoms with E-state index in [9.17, 15) is 0 Å². The van der Waals surface area contributed by atoms with Crippen molar-refractivity contribution in [3.05, 3.63) is 23.8 Å². The third-order valence-corrected chi connectivity index (χ3v) is 4.68. The van der Waals surface area contributed by atoms with Gasteiger partial charge >= 0.3 is 0 Å². The van der Waals surface area contributed by atoms with E-state index in [1.54, 1.807) is 7.05 Å². The molecule has 2 aliphatic heterocycles. The van der Waals surface area contributed by atoms with Crippen LogP contribution in [0, 0.1) is 0 Å². The number of nitrogens with zero attached hydrogens (tertiary/aromatic N) is 2. The first-order valence-electron chi connectivity index (χ1n) is 8.74. The van der Waals surface area contributed by atoms with Crippen LogP contribution in [-0.4, -0.2) is 63.1 Å². The fourth-order valence-corrected chi connectivity index (χ4v) is 3.04.